The molecule has 0 saturated carbocycles. The number of carboxylic acids is 1. The van der Waals surface area contributed by atoms with Gasteiger partial charge in [0.1, 0.15) is 49.1 Å². The first-order valence-corrected chi connectivity index (χ1v) is 32.4. The number of aryl methyl sites for hydroxylation is 3. The number of fused-ring (bicyclic) bond motifs is 7. The molecule has 4 aromatic carbocycles. The van der Waals surface area contributed by atoms with Crippen LogP contribution in [0, 0.1) is 18.7 Å². The van der Waals surface area contributed by atoms with Gasteiger partial charge in [-0.1, -0.05) is 69.3 Å². The Morgan fingerprint density at radius 2 is 1.54 bits per heavy atom. The SMILES string of the molecule is CCC1(O)C(=O)OCc2c1cc1n(c2=O)Cc2c-1nc1cc(F)c(C)c3c1c2C(NC(=O)OCc1ccc(OC2OC(C(=O)O)C(O)C(O)C2O)c(CNC(=O)CCNC(=O)C(CNC(=O)CCC(C)C)NC(=O)CCC(=O)N2Cc4ccccc4CCc4ccccc42)c1)CC3. The molecule has 26 nitrogen and oxygen atoms in total. The lowest BCUT2D eigenvalue weighted by Crippen LogP contribution is -2.61. The number of nitrogens with zero attached hydrogens (tertiary/aromatic N) is 3. The number of rotatable bonds is 22. The van der Waals surface area contributed by atoms with E-state index in [9.17, 15) is 68.7 Å². The van der Waals surface area contributed by atoms with Gasteiger partial charge in [-0.05, 0) is 115 Å². The molecule has 1 aliphatic carbocycles. The van der Waals surface area contributed by atoms with Crippen molar-refractivity contribution in [3.05, 3.63) is 156 Å². The number of carbonyl (C=O) groups is 8. The van der Waals surface area contributed by atoms with Crippen molar-refractivity contribution in [3.8, 4) is 17.1 Å². The van der Waals surface area contributed by atoms with Gasteiger partial charge in [-0.25, -0.2) is 23.8 Å². The number of benzene rings is 4. The lowest BCUT2D eigenvalue weighted by Gasteiger charge is -2.38. The van der Waals surface area contributed by atoms with Gasteiger partial charge < -0.3 is 80.5 Å². The molecule has 8 atom stereocenters. The minimum absolute atomic E-state index is 0.0175. The number of anilines is 1. The zero-order chi connectivity index (χ0) is 69.1. The molecule has 10 N–H and O–H groups in total. The average molecular weight is 1340 g/mol. The van der Waals surface area contributed by atoms with Crippen molar-refractivity contribution in [3.63, 3.8) is 0 Å². The van der Waals surface area contributed by atoms with E-state index in [0.717, 1.165) is 28.8 Å². The number of esters is 1. The Kier molecular flexibility index (Phi) is 20.5. The third-order valence-electron chi connectivity index (χ3n) is 18.7. The number of ether oxygens (including phenoxy) is 4. The van der Waals surface area contributed by atoms with Crippen molar-refractivity contribution in [2.24, 2.45) is 5.92 Å². The second kappa shape index (κ2) is 29.0. The van der Waals surface area contributed by atoms with Gasteiger partial charge in [0, 0.05) is 79.1 Å². The molecule has 2 aromatic heterocycles. The van der Waals surface area contributed by atoms with Crippen molar-refractivity contribution in [2.75, 3.05) is 18.0 Å². The molecular weight excluding hydrogens is 1260 g/mol. The molecule has 1 saturated heterocycles. The van der Waals surface area contributed by atoms with Crippen molar-refractivity contribution in [1.29, 1.82) is 0 Å². The Morgan fingerprint density at radius 1 is 0.804 bits per heavy atom. The van der Waals surface area contributed by atoms with E-state index in [2.05, 4.69) is 26.6 Å². The van der Waals surface area contributed by atoms with Gasteiger partial charge in [0.15, 0.2) is 11.7 Å². The molecule has 1 fully saturated rings. The Labute approximate surface area is 555 Å². The fraction of sp³-hybridized carbons (Fsp3) is 0.429. The molecule has 6 heterocycles. The molecule has 0 radical (unpaired) electrons. The molecule has 6 aromatic rings. The predicted molar refractivity (Wildman–Crippen MR) is 344 cm³/mol. The summed E-state index contributed by atoms with van der Waals surface area (Å²) < 4.78 is 39.4. The second-order valence-corrected chi connectivity index (χ2v) is 25.5. The highest BCUT2D eigenvalue weighted by molar-refractivity contribution is 5.97. The Balaban J connectivity index is 0.766. The molecule has 4 aliphatic heterocycles. The highest BCUT2D eigenvalue weighted by Gasteiger charge is 2.49. The number of amides is 6. The molecule has 5 aliphatic rings. The van der Waals surface area contributed by atoms with Crippen LogP contribution in [-0.2, 0) is 105 Å². The first-order valence-electron chi connectivity index (χ1n) is 32.4. The van der Waals surface area contributed by atoms with Gasteiger partial charge in [0.25, 0.3) is 5.56 Å². The van der Waals surface area contributed by atoms with E-state index in [1.165, 1.54) is 34.9 Å². The molecule has 6 amide bonds. The Morgan fingerprint density at radius 3 is 2.29 bits per heavy atom. The Hall–Kier alpha value is -9.67. The number of aliphatic carboxylic acids is 1. The number of pyridine rings is 2. The number of para-hydroxylation sites is 1. The van der Waals surface area contributed by atoms with Crippen LogP contribution in [0.1, 0.15) is 133 Å². The monoisotopic (exact) mass is 1340 g/mol. The number of aliphatic hydroxyl groups is 4. The number of hydrogen-bond acceptors (Lipinski definition) is 18. The van der Waals surface area contributed by atoms with Crippen LogP contribution < -0.4 is 41.8 Å². The highest BCUT2D eigenvalue weighted by Crippen LogP contribution is 2.46. The first kappa shape index (κ1) is 68.7. The molecule has 11 rings (SSSR count). The minimum Gasteiger partial charge on any atom is -0.479 e. The smallest absolute Gasteiger partial charge is 0.407 e. The van der Waals surface area contributed by atoms with Crippen LogP contribution >= 0.6 is 0 Å². The van der Waals surface area contributed by atoms with E-state index in [1.54, 1.807) is 18.7 Å². The third kappa shape index (κ3) is 14.4. The van der Waals surface area contributed by atoms with Crippen LogP contribution in [0.25, 0.3) is 22.3 Å². The second-order valence-electron chi connectivity index (χ2n) is 25.5. The first-order chi connectivity index (χ1) is 46.4. The van der Waals surface area contributed by atoms with Crippen molar-refractivity contribution in [1.82, 2.24) is 36.1 Å². The van der Waals surface area contributed by atoms with Gasteiger partial charge in [0.2, 0.25) is 35.8 Å². The van der Waals surface area contributed by atoms with E-state index >= 15 is 4.39 Å². The maximum absolute atomic E-state index is 15.6. The summed E-state index contributed by atoms with van der Waals surface area (Å²) in [6.45, 7) is 5.71. The summed E-state index contributed by atoms with van der Waals surface area (Å²) in [6, 6.07) is 20.5. The third-order valence-corrected chi connectivity index (χ3v) is 18.7. The van der Waals surface area contributed by atoms with Crippen LogP contribution in [0.5, 0.6) is 5.75 Å². The minimum atomic E-state index is -2.11. The number of aliphatic hydroxyl groups excluding tert-OH is 3. The van der Waals surface area contributed by atoms with Crippen LogP contribution in [0.4, 0.5) is 14.9 Å². The van der Waals surface area contributed by atoms with Crippen LogP contribution in [0.2, 0.25) is 0 Å². The molecule has 27 heteroatoms. The summed E-state index contributed by atoms with van der Waals surface area (Å²) >= 11 is 0. The van der Waals surface area contributed by atoms with Gasteiger partial charge >= 0.3 is 18.0 Å². The van der Waals surface area contributed by atoms with E-state index in [-0.39, 0.29) is 123 Å². The zero-order valence-corrected chi connectivity index (χ0v) is 53.9. The van der Waals surface area contributed by atoms with Gasteiger partial charge in [0.05, 0.1) is 41.6 Å². The maximum atomic E-state index is 15.6. The van der Waals surface area contributed by atoms with Crippen LogP contribution in [0.15, 0.2) is 83.7 Å². The fourth-order valence-electron chi connectivity index (χ4n) is 13.2. The van der Waals surface area contributed by atoms with Crippen molar-refractivity contribution in [2.45, 2.75) is 173 Å². The summed E-state index contributed by atoms with van der Waals surface area (Å²) in [5.74, 6) is -5.66. The standard InChI is InChI=1S/C70H77FN8O18/c1-5-70(93)45-27-51-59-43(32-79(51)65(88)44(45)34-94-68(70)91)58-47(19-18-42-36(4)46(71)28-48(76-59)57(42)58)77-69(92)95-33-37-15-20-52(96-67-62(86)60(84)61(85)63(97-67)66(89)90)41(26-37)29-73-54(81)24-25-72-64(87)49(30-74-53(80)21-14-35(2)3)75-55(82)22-23-56(83)78-31-40-12-7-6-10-38(40)16-17-39-11-8-9-13-50(39)78/h6-13,15,20,26-28,35,47,49,60-63,67,84-86,93H,5,14,16-19,21-25,29-34H2,1-4H3,(H,72,87)(H,73,81)(H,74,80)(H,75,82)(H,77,92)(H,89,90). The lowest BCUT2D eigenvalue weighted by molar-refractivity contribution is -0.271. The van der Waals surface area contributed by atoms with Crippen molar-refractivity contribution >= 4 is 64.2 Å². The van der Waals surface area contributed by atoms with Gasteiger partial charge in [-0.15, -0.1) is 0 Å². The maximum Gasteiger partial charge on any atom is 0.407 e. The summed E-state index contributed by atoms with van der Waals surface area (Å²) in [7, 11) is 0. The van der Waals surface area contributed by atoms with E-state index in [0.29, 0.717) is 64.7 Å². The number of halogens is 1. The number of alkyl carbamates (subject to hydrolysis) is 1. The predicted octanol–water partition coefficient (Wildman–Crippen LogP) is 3.98. The number of carboxylic acid groups (broad SMARTS) is 1. The van der Waals surface area contributed by atoms with E-state index in [4.69, 9.17) is 23.9 Å². The molecule has 512 valence electrons. The topological polar surface area (TPSA) is 373 Å². The molecule has 0 spiro atoms. The van der Waals surface area contributed by atoms with Crippen molar-refractivity contribution < 1.29 is 87.2 Å². The molecule has 0 bridgehead atoms. The summed E-state index contributed by atoms with van der Waals surface area (Å²) in [6.07, 6.45) is -8.93. The number of aromatic nitrogens is 2. The quantitative estimate of drug-likeness (QED) is 0.0429. The Bertz CT molecular complexity index is 4200. The fourth-order valence-corrected chi connectivity index (χ4v) is 13.2. The van der Waals surface area contributed by atoms with Crippen LogP contribution in [0.3, 0.4) is 0 Å². The largest absolute Gasteiger partial charge is 0.479 e. The number of nitrogens with one attached hydrogen (secondary N) is 5. The number of carbonyl (C=O) groups excluding carboxylic acids is 7. The number of hydrogen-bond donors (Lipinski definition) is 10. The zero-order valence-electron chi connectivity index (χ0n) is 53.9. The normalized spacial score (nSPS) is 20.8. The molecule has 8 unspecified atom stereocenters. The van der Waals surface area contributed by atoms with Gasteiger partial charge in [-0.2, -0.15) is 0 Å². The van der Waals surface area contributed by atoms with E-state index in [1.807, 2.05) is 62.4 Å². The van der Waals surface area contributed by atoms with Crippen LogP contribution in [-0.4, -0.2) is 132 Å². The summed E-state index contributed by atoms with van der Waals surface area (Å²) in [5, 5.41) is 67.4. The summed E-state index contributed by atoms with van der Waals surface area (Å²) in [4.78, 5) is 128. The molecular formula is C70H77FN8O18. The van der Waals surface area contributed by atoms with E-state index < -0.39 is 102 Å². The van der Waals surface area contributed by atoms with Gasteiger partial charge in [-0.3, -0.25) is 28.8 Å². The summed E-state index contributed by atoms with van der Waals surface area (Å²) in [5.41, 5.74) is 4.85. The number of cyclic esters (lactones) is 1. The highest BCUT2D eigenvalue weighted by atomic mass is 19.1. The lowest BCUT2D eigenvalue weighted by atomic mass is 9.81. The average Bonchev–Trinajstić information content (AvgIpc) is 1.62. The molecule has 97 heavy (non-hydrogen) atoms.